The van der Waals surface area contributed by atoms with E-state index in [9.17, 15) is 18.0 Å². The second-order valence-electron chi connectivity index (χ2n) is 5.27. The Morgan fingerprint density at radius 3 is 2.41 bits per heavy atom. The van der Waals surface area contributed by atoms with E-state index < -0.39 is 12.3 Å². The first-order valence-corrected chi connectivity index (χ1v) is 8.27. The van der Waals surface area contributed by atoms with Crippen LogP contribution in [0.15, 0.2) is 53.0 Å². The number of ether oxygens (including phenoxy) is 1. The van der Waals surface area contributed by atoms with E-state index >= 15 is 0 Å². The molecule has 0 bridgehead atoms. The molecule has 0 aliphatic carbocycles. The molecule has 3 aromatic rings. The van der Waals surface area contributed by atoms with Crippen molar-refractivity contribution >= 4 is 27.5 Å². The first-order valence-electron chi connectivity index (χ1n) is 7.48. The summed E-state index contributed by atoms with van der Waals surface area (Å²) < 4.78 is 41.0. The van der Waals surface area contributed by atoms with Crippen LogP contribution >= 0.6 is 15.9 Å². The Labute approximate surface area is 159 Å². The Balaban J connectivity index is 1.59. The van der Waals surface area contributed by atoms with Crippen LogP contribution in [0.1, 0.15) is 0 Å². The minimum Gasteiger partial charge on any atom is -0.406 e. The van der Waals surface area contributed by atoms with Crippen molar-refractivity contribution < 1.29 is 22.7 Å². The minimum absolute atomic E-state index is 0.204. The molecule has 0 spiro atoms. The molecule has 140 valence electrons. The summed E-state index contributed by atoms with van der Waals surface area (Å²) in [6.07, 6.45) is -4.77. The molecular formula is C16H11BrF3N5O2. The van der Waals surface area contributed by atoms with E-state index in [4.69, 9.17) is 0 Å². The van der Waals surface area contributed by atoms with Gasteiger partial charge >= 0.3 is 6.36 Å². The fraction of sp³-hybridized carbons (Fsp3) is 0.125. The maximum atomic E-state index is 12.1. The van der Waals surface area contributed by atoms with Crippen LogP contribution in [0.4, 0.5) is 18.9 Å². The third-order valence-corrected chi connectivity index (χ3v) is 3.74. The average molecular weight is 442 g/mol. The summed E-state index contributed by atoms with van der Waals surface area (Å²) in [7, 11) is 0. The molecule has 1 heterocycles. The molecule has 3 rings (SSSR count). The number of hydrogen-bond acceptors (Lipinski definition) is 5. The number of amides is 1. The molecule has 0 aliphatic rings. The first-order chi connectivity index (χ1) is 12.8. The van der Waals surface area contributed by atoms with Gasteiger partial charge in [-0.2, -0.15) is 4.80 Å². The van der Waals surface area contributed by atoms with Crippen molar-refractivity contribution in [1.29, 1.82) is 0 Å². The lowest BCUT2D eigenvalue weighted by Gasteiger charge is -2.09. The fourth-order valence-corrected chi connectivity index (χ4v) is 2.36. The topological polar surface area (TPSA) is 81.9 Å². The van der Waals surface area contributed by atoms with Gasteiger partial charge in [0.2, 0.25) is 11.7 Å². The molecule has 7 nitrogen and oxygen atoms in total. The van der Waals surface area contributed by atoms with E-state index in [0.717, 1.165) is 27.0 Å². The molecule has 0 saturated carbocycles. The van der Waals surface area contributed by atoms with Gasteiger partial charge in [0, 0.05) is 15.7 Å². The van der Waals surface area contributed by atoms with Crippen molar-refractivity contribution in [2.45, 2.75) is 12.9 Å². The number of benzene rings is 2. The number of carbonyl (C=O) groups excluding carboxylic acids is 1. The van der Waals surface area contributed by atoms with Crippen molar-refractivity contribution in [1.82, 2.24) is 20.2 Å². The third-order valence-electron chi connectivity index (χ3n) is 3.21. The molecule has 0 atom stereocenters. The molecule has 27 heavy (non-hydrogen) atoms. The second kappa shape index (κ2) is 7.74. The predicted octanol–water partition coefficient (Wildman–Crippen LogP) is 3.64. The van der Waals surface area contributed by atoms with Crippen LogP contribution in [0, 0.1) is 0 Å². The molecule has 0 unspecified atom stereocenters. The number of carbonyl (C=O) groups is 1. The normalized spacial score (nSPS) is 11.3. The van der Waals surface area contributed by atoms with Gasteiger partial charge in [-0.1, -0.05) is 15.9 Å². The Bertz CT molecular complexity index is 926. The average Bonchev–Trinajstić information content (AvgIpc) is 3.04. The smallest absolute Gasteiger partial charge is 0.406 e. The summed E-state index contributed by atoms with van der Waals surface area (Å²) in [5.41, 5.74) is 1.05. The monoisotopic (exact) mass is 441 g/mol. The van der Waals surface area contributed by atoms with Gasteiger partial charge in [-0.3, -0.25) is 4.79 Å². The van der Waals surface area contributed by atoms with Crippen LogP contribution < -0.4 is 10.1 Å². The Hall–Kier alpha value is -2.95. The summed E-state index contributed by atoms with van der Waals surface area (Å²) in [4.78, 5) is 13.1. The van der Waals surface area contributed by atoms with Gasteiger partial charge in [0.1, 0.15) is 12.3 Å². The lowest BCUT2D eigenvalue weighted by Crippen LogP contribution is -2.20. The highest BCUT2D eigenvalue weighted by atomic mass is 79.9. The summed E-state index contributed by atoms with van der Waals surface area (Å²) >= 11 is 3.33. The Kier molecular flexibility index (Phi) is 5.40. The van der Waals surface area contributed by atoms with Gasteiger partial charge in [0.25, 0.3) is 0 Å². The molecule has 0 aliphatic heterocycles. The number of hydrogen-bond donors (Lipinski definition) is 1. The number of aromatic nitrogens is 4. The maximum Gasteiger partial charge on any atom is 0.573 e. The van der Waals surface area contributed by atoms with Gasteiger partial charge in [-0.15, -0.1) is 23.4 Å². The van der Waals surface area contributed by atoms with Crippen LogP contribution in [0.3, 0.4) is 0 Å². The molecule has 1 amide bonds. The summed E-state index contributed by atoms with van der Waals surface area (Å²) in [6, 6.07) is 12.0. The third kappa shape index (κ3) is 5.51. The fourth-order valence-electron chi connectivity index (χ4n) is 2.09. The van der Waals surface area contributed by atoms with Crippen molar-refractivity contribution in [3.8, 4) is 17.1 Å². The van der Waals surface area contributed by atoms with Crippen LogP contribution in [0.2, 0.25) is 0 Å². The predicted molar refractivity (Wildman–Crippen MR) is 92.7 cm³/mol. The van der Waals surface area contributed by atoms with Crippen molar-refractivity contribution in [2.75, 3.05) is 5.32 Å². The number of nitrogens with zero attached hydrogens (tertiary/aromatic N) is 4. The zero-order valence-electron chi connectivity index (χ0n) is 13.4. The zero-order valence-corrected chi connectivity index (χ0v) is 15.0. The molecule has 2 aromatic carbocycles. The van der Waals surface area contributed by atoms with E-state index in [-0.39, 0.29) is 12.3 Å². The molecule has 0 fully saturated rings. The highest BCUT2D eigenvalue weighted by molar-refractivity contribution is 9.10. The van der Waals surface area contributed by atoms with Gasteiger partial charge in [-0.25, -0.2) is 0 Å². The standard InChI is InChI=1S/C16H11BrF3N5O2/c17-11-3-1-10(2-4-11)15-22-24-25(23-15)9-14(26)21-12-5-7-13(8-6-12)27-16(18,19)20/h1-8H,9H2,(H,21,26). The lowest BCUT2D eigenvalue weighted by molar-refractivity contribution is -0.274. The first kappa shape index (κ1) is 18.8. The number of anilines is 1. The lowest BCUT2D eigenvalue weighted by atomic mass is 10.2. The van der Waals surface area contributed by atoms with Crippen LogP contribution in [0.25, 0.3) is 11.4 Å². The number of nitrogens with one attached hydrogen (secondary N) is 1. The van der Waals surface area contributed by atoms with E-state index in [1.165, 1.54) is 12.1 Å². The van der Waals surface area contributed by atoms with Crippen molar-refractivity contribution in [2.24, 2.45) is 0 Å². The van der Waals surface area contributed by atoms with E-state index in [0.29, 0.717) is 11.5 Å². The van der Waals surface area contributed by atoms with Gasteiger partial charge in [0.15, 0.2) is 0 Å². The van der Waals surface area contributed by atoms with Crippen LogP contribution in [0.5, 0.6) is 5.75 Å². The molecule has 1 aromatic heterocycles. The Morgan fingerprint density at radius 1 is 1.11 bits per heavy atom. The number of alkyl halides is 3. The largest absolute Gasteiger partial charge is 0.573 e. The quantitative estimate of drug-likeness (QED) is 0.653. The van der Waals surface area contributed by atoms with Crippen LogP contribution in [-0.4, -0.2) is 32.5 Å². The zero-order chi connectivity index (χ0) is 19.4. The number of halogens is 4. The minimum atomic E-state index is -4.77. The summed E-state index contributed by atoms with van der Waals surface area (Å²) in [5, 5.41) is 14.3. The Morgan fingerprint density at radius 2 is 1.78 bits per heavy atom. The van der Waals surface area contributed by atoms with E-state index in [2.05, 4.69) is 41.4 Å². The SMILES string of the molecule is O=C(Cn1nnc(-c2ccc(Br)cc2)n1)Nc1ccc(OC(F)(F)F)cc1. The summed E-state index contributed by atoms with van der Waals surface area (Å²) in [5.74, 6) is -0.472. The molecule has 11 heteroatoms. The highest BCUT2D eigenvalue weighted by Gasteiger charge is 2.30. The van der Waals surface area contributed by atoms with Crippen LogP contribution in [-0.2, 0) is 11.3 Å². The van der Waals surface area contributed by atoms with Crippen molar-refractivity contribution in [3.05, 3.63) is 53.0 Å². The summed E-state index contributed by atoms with van der Waals surface area (Å²) in [6.45, 7) is -0.204. The van der Waals surface area contributed by atoms with E-state index in [1.54, 1.807) is 12.1 Å². The molecule has 0 radical (unpaired) electrons. The second-order valence-corrected chi connectivity index (χ2v) is 6.19. The maximum absolute atomic E-state index is 12.1. The number of rotatable bonds is 5. The molecular weight excluding hydrogens is 431 g/mol. The highest BCUT2D eigenvalue weighted by Crippen LogP contribution is 2.24. The van der Waals surface area contributed by atoms with Crippen molar-refractivity contribution in [3.63, 3.8) is 0 Å². The van der Waals surface area contributed by atoms with Gasteiger partial charge < -0.3 is 10.1 Å². The molecule has 0 saturated heterocycles. The van der Waals surface area contributed by atoms with Gasteiger partial charge in [-0.05, 0) is 53.7 Å². The van der Waals surface area contributed by atoms with E-state index in [1.807, 2.05) is 12.1 Å². The van der Waals surface area contributed by atoms with Gasteiger partial charge in [0.05, 0.1) is 0 Å². The number of tetrazole rings is 1. The molecule has 1 N–H and O–H groups in total.